The minimum atomic E-state index is -0.553. The summed E-state index contributed by atoms with van der Waals surface area (Å²) in [6, 6.07) is 7.79. The number of nitrogens with two attached hydrogens (primary N) is 1. The summed E-state index contributed by atoms with van der Waals surface area (Å²) in [6.07, 6.45) is 5.26. The number of aliphatic hydroxyl groups excluding tert-OH is 1. The molecule has 10 heteroatoms. The van der Waals surface area contributed by atoms with Crippen LogP contribution in [0.4, 0.5) is 5.82 Å². The molecule has 30 heavy (non-hydrogen) atoms. The number of hydrogen-bond acceptors (Lipinski definition) is 7. The number of ether oxygens (including phenoxy) is 1. The number of aliphatic hydroxyl groups is 1. The van der Waals surface area contributed by atoms with Gasteiger partial charge in [-0.05, 0) is 31.5 Å². The zero-order valence-electron chi connectivity index (χ0n) is 16.4. The molecule has 0 aromatic carbocycles. The highest BCUT2D eigenvalue weighted by atomic mass is 35.5. The summed E-state index contributed by atoms with van der Waals surface area (Å²) in [5.41, 5.74) is 8.80. The van der Waals surface area contributed by atoms with E-state index in [9.17, 15) is 10.4 Å². The van der Waals surface area contributed by atoms with Crippen molar-refractivity contribution in [3.05, 3.63) is 42.4 Å². The average molecular weight is 451 g/mol. The topological polar surface area (TPSA) is 113 Å². The Kier molecular flexibility index (Phi) is 7.87. The van der Waals surface area contributed by atoms with Gasteiger partial charge in [0.2, 0.25) is 0 Å². The highest BCUT2D eigenvalue weighted by Gasteiger charge is 2.25. The van der Waals surface area contributed by atoms with E-state index < -0.39 is 6.10 Å². The Morgan fingerprint density at radius 3 is 2.77 bits per heavy atom. The Morgan fingerprint density at radius 2 is 2.13 bits per heavy atom. The van der Waals surface area contributed by atoms with Crippen LogP contribution in [0.3, 0.4) is 0 Å². The molecule has 160 valence electrons. The number of halogens is 2. The molecule has 1 saturated heterocycles. The molecule has 0 aliphatic carbocycles. The highest BCUT2D eigenvalue weighted by Crippen LogP contribution is 2.31. The third-order valence-electron chi connectivity index (χ3n) is 5.04. The Morgan fingerprint density at radius 1 is 1.33 bits per heavy atom. The quantitative estimate of drug-likeness (QED) is 0.627. The number of fused-ring (bicyclic) bond motifs is 1. The molecular weight excluding hydrogens is 427 g/mol. The number of β-amino-alcohol motifs (C(OH)–C–C–N with tert-alkyl or cyclic N) is 1. The van der Waals surface area contributed by atoms with Crippen LogP contribution in [0.15, 0.2) is 36.8 Å². The number of nitriles is 1. The van der Waals surface area contributed by atoms with Crippen LogP contribution in [-0.2, 0) is 0 Å². The maximum absolute atomic E-state index is 10.0. The van der Waals surface area contributed by atoms with Crippen LogP contribution >= 0.6 is 24.8 Å². The van der Waals surface area contributed by atoms with Crippen molar-refractivity contribution in [1.29, 1.82) is 5.26 Å². The lowest BCUT2D eigenvalue weighted by Crippen LogP contribution is -2.50. The van der Waals surface area contributed by atoms with E-state index >= 15 is 0 Å². The average Bonchev–Trinajstić information content (AvgIpc) is 3.13. The number of rotatable bonds is 4. The van der Waals surface area contributed by atoms with Crippen LogP contribution in [0.1, 0.15) is 18.9 Å². The summed E-state index contributed by atoms with van der Waals surface area (Å²) in [7, 11) is 0. The molecule has 3 aromatic rings. The third-order valence-corrected chi connectivity index (χ3v) is 5.04. The summed E-state index contributed by atoms with van der Waals surface area (Å²) < 4.78 is 7.31. The molecule has 0 bridgehead atoms. The van der Waals surface area contributed by atoms with E-state index in [4.69, 9.17) is 10.5 Å². The summed E-state index contributed by atoms with van der Waals surface area (Å²) in [5, 5.41) is 23.7. The Hall–Kier alpha value is -2.57. The molecule has 0 spiro atoms. The van der Waals surface area contributed by atoms with Crippen LogP contribution in [0.25, 0.3) is 16.6 Å². The fraction of sp³-hybridized carbons (Fsp3) is 0.350. The molecule has 0 amide bonds. The van der Waals surface area contributed by atoms with Crippen LogP contribution in [0.2, 0.25) is 0 Å². The van der Waals surface area contributed by atoms with Gasteiger partial charge in [0.1, 0.15) is 17.6 Å². The van der Waals surface area contributed by atoms with E-state index in [2.05, 4.69) is 16.2 Å². The molecule has 0 unspecified atom stereocenters. The number of hydrogen-bond donors (Lipinski definition) is 2. The second-order valence-electron chi connectivity index (χ2n) is 6.86. The first kappa shape index (κ1) is 23.7. The molecule has 1 aliphatic rings. The van der Waals surface area contributed by atoms with Crippen molar-refractivity contribution in [2.24, 2.45) is 5.73 Å². The number of nitrogens with zero attached hydrogens (tertiary/aromatic N) is 5. The smallest absolute Gasteiger partial charge is 0.138 e. The van der Waals surface area contributed by atoms with Crippen molar-refractivity contribution in [3.8, 4) is 22.9 Å². The molecule has 3 aromatic heterocycles. The highest BCUT2D eigenvalue weighted by molar-refractivity contribution is 5.86. The number of aromatic nitrogens is 3. The second kappa shape index (κ2) is 9.96. The molecule has 0 radical (unpaired) electrons. The Labute approximate surface area is 187 Å². The first-order valence-electron chi connectivity index (χ1n) is 9.30. The predicted molar refractivity (Wildman–Crippen MR) is 120 cm³/mol. The minimum absolute atomic E-state index is 0. The van der Waals surface area contributed by atoms with E-state index in [0.29, 0.717) is 24.5 Å². The summed E-state index contributed by atoms with van der Waals surface area (Å²) >= 11 is 0. The monoisotopic (exact) mass is 450 g/mol. The normalized spacial score (nSPS) is 18.3. The maximum atomic E-state index is 10.0. The van der Waals surface area contributed by atoms with Crippen molar-refractivity contribution in [3.63, 3.8) is 0 Å². The van der Waals surface area contributed by atoms with E-state index in [1.165, 1.54) is 0 Å². The van der Waals surface area contributed by atoms with E-state index in [0.717, 1.165) is 35.4 Å². The Bertz CT molecular complexity index is 1030. The zero-order chi connectivity index (χ0) is 19.7. The molecule has 1 aliphatic heterocycles. The second-order valence-corrected chi connectivity index (χ2v) is 6.86. The van der Waals surface area contributed by atoms with Gasteiger partial charge >= 0.3 is 0 Å². The van der Waals surface area contributed by atoms with Gasteiger partial charge in [0.05, 0.1) is 36.2 Å². The number of piperidine rings is 1. The van der Waals surface area contributed by atoms with Crippen molar-refractivity contribution in [1.82, 2.24) is 14.6 Å². The SMILES string of the molecule is CCOc1cc(-c2ccc(N3CC[C@@H](N)[C@@H](O)C3)nc2)c2c(C#N)cnn2c1.Cl.Cl. The molecule has 1 fully saturated rings. The summed E-state index contributed by atoms with van der Waals surface area (Å²) in [5.74, 6) is 1.47. The minimum Gasteiger partial charge on any atom is -0.492 e. The molecule has 4 rings (SSSR count). The van der Waals surface area contributed by atoms with Gasteiger partial charge in [-0.15, -0.1) is 24.8 Å². The first-order chi connectivity index (χ1) is 13.6. The number of anilines is 1. The van der Waals surface area contributed by atoms with Gasteiger partial charge in [-0.25, -0.2) is 9.50 Å². The predicted octanol–water partition coefficient (Wildman–Crippen LogP) is 2.41. The van der Waals surface area contributed by atoms with E-state index in [-0.39, 0.29) is 30.9 Å². The van der Waals surface area contributed by atoms with Crippen LogP contribution in [0, 0.1) is 11.3 Å². The molecule has 3 N–H and O–H groups in total. The number of pyridine rings is 2. The van der Waals surface area contributed by atoms with Crippen molar-refractivity contribution < 1.29 is 9.84 Å². The molecule has 0 saturated carbocycles. The van der Waals surface area contributed by atoms with Gasteiger partial charge in [0, 0.05) is 36.5 Å². The lowest BCUT2D eigenvalue weighted by atomic mass is 10.0. The van der Waals surface area contributed by atoms with Gasteiger partial charge < -0.3 is 20.5 Å². The fourth-order valence-electron chi connectivity index (χ4n) is 3.53. The largest absolute Gasteiger partial charge is 0.492 e. The standard InChI is InChI=1S/C20H22N6O2.2ClH/c1-2-28-15-7-16(20-14(8-21)10-24-26(20)11-15)13-3-4-19(23-9-13)25-6-5-17(22)18(27)12-25;;/h3-4,7,9-11,17-18,27H,2,5-6,12,22H2,1H3;2*1H/t17-,18+;;/m1../s1. The molecule has 2 atom stereocenters. The molecule has 8 nitrogen and oxygen atoms in total. The van der Waals surface area contributed by atoms with Gasteiger partial charge in [0.25, 0.3) is 0 Å². The summed E-state index contributed by atoms with van der Waals surface area (Å²) in [4.78, 5) is 6.61. The van der Waals surface area contributed by atoms with E-state index in [1.807, 2.05) is 30.0 Å². The van der Waals surface area contributed by atoms with Crippen molar-refractivity contribution >= 4 is 36.1 Å². The lowest BCUT2D eigenvalue weighted by Gasteiger charge is -2.34. The fourth-order valence-corrected chi connectivity index (χ4v) is 3.53. The van der Waals surface area contributed by atoms with Crippen molar-refractivity contribution in [2.75, 3.05) is 24.6 Å². The van der Waals surface area contributed by atoms with E-state index in [1.54, 1.807) is 23.1 Å². The van der Waals surface area contributed by atoms with Gasteiger partial charge in [-0.1, -0.05) is 0 Å². The van der Waals surface area contributed by atoms with Gasteiger partial charge in [-0.2, -0.15) is 10.4 Å². The van der Waals surface area contributed by atoms with Crippen molar-refractivity contribution in [2.45, 2.75) is 25.5 Å². The first-order valence-corrected chi connectivity index (χ1v) is 9.30. The van der Waals surface area contributed by atoms with Crippen LogP contribution in [-0.4, -0.2) is 51.5 Å². The van der Waals surface area contributed by atoms with Gasteiger partial charge in [-0.3, -0.25) is 0 Å². The summed E-state index contributed by atoms with van der Waals surface area (Å²) in [6.45, 7) is 3.69. The maximum Gasteiger partial charge on any atom is 0.138 e. The van der Waals surface area contributed by atoms with Gasteiger partial charge in [0.15, 0.2) is 0 Å². The Balaban J connectivity index is 0.00000160. The zero-order valence-corrected chi connectivity index (χ0v) is 18.1. The lowest BCUT2D eigenvalue weighted by molar-refractivity contribution is 0.131. The molecule has 4 heterocycles. The van der Waals surface area contributed by atoms with Crippen LogP contribution < -0.4 is 15.4 Å². The van der Waals surface area contributed by atoms with Crippen LogP contribution in [0.5, 0.6) is 5.75 Å². The third kappa shape index (κ3) is 4.45. The molecular formula is C20H24Cl2N6O2.